The lowest BCUT2D eigenvalue weighted by molar-refractivity contribution is 0.164. The zero-order valence-electron chi connectivity index (χ0n) is 14.1. The van der Waals surface area contributed by atoms with Gasteiger partial charge in [-0.05, 0) is 60.7 Å². The number of benzene rings is 1. The number of ether oxygens (including phenoxy) is 2. The highest BCUT2D eigenvalue weighted by molar-refractivity contribution is 9.11. The van der Waals surface area contributed by atoms with Gasteiger partial charge < -0.3 is 14.4 Å². The van der Waals surface area contributed by atoms with E-state index in [9.17, 15) is 8.42 Å². The predicted molar refractivity (Wildman–Crippen MR) is 102 cm³/mol. The van der Waals surface area contributed by atoms with E-state index in [1.807, 2.05) is 14.1 Å². The van der Waals surface area contributed by atoms with Crippen molar-refractivity contribution in [1.29, 1.82) is 0 Å². The third-order valence-corrected chi connectivity index (χ3v) is 7.57. The minimum absolute atomic E-state index is 0.210. The van der Waals surface area contributed by atoms with E-state index in [0.29, 0.717) is 23.8 Å². The first-order chi connectivity index (χ1) is 11.8. The van der Waals surface area contributed by atoms with Crippen LogP contribution in [0.15, 0.2) is 32.3 Å². The zero-order valence-corrected chi connectivity index (χ0v) is 17.3. The van der Waals surface area contributed by atoms with Gasteiger partial charge in [0.1, 0.15) is 22.3 Å². The van der Waals surface area contributed by atoms with Crippen molar-refractivity contribution in [3.63, 3.8) is 0 Å². The Morgan fingerprint density at radius 3 is 2.68 bits per heavy atom. The summed E-state index contributed by atoms with van der Waals surface area (Å²) in [6, 6.07) is 6.93. The Morgan fingerprint density at radius 2 is 2.08 bits per heavy atom. The summed E-state index contributed by atoms with van der Waals surface area (Å²) in [5, 5.41) is 0. The number of anilines is 1. The predicted octanol–water partition coefficient (Wildman–Crippen LogP) is 3.19. The van der Waals surface area contributed by atoms with Crippen molar-refractivity contribution in [3.8, 4) is 11.5 Å². The first-order valence-corrected chi connectivity index (χ1v) is 10.7. The van der Waals surface area contributed by atoms with Gasteiger partial charge in [0.2, 0.25) is 0 Å². The van der Waals surface area contributed by atoms with Crippen LogP contribution in [0.4, 0.5) is 5.69 Å². The fourth-order valence-electron chi connectivity index (χ4n) is 2.68. The summed E-state index contributed by atoms with van der Waals surface area (Å²) in [4.78, 5) is 2.09. The molecule has 1 atom stereocenters. The van der Waals surface area contributed by atoms with E-state index < -0.39 is 10.0 Å². The van der Waals surface area contributed by atoms with Crippen molar-refractivity contribution < 1.29 is 17.9 Å². The van der Waals surface area contributed by atoms with Gasteiger partial charge in [0.05, 0.1) is 16.6 Å². The Labute approximate surface area is 159 Å². The molecule has 0 bridgehead atoms. The topological polar surface area (TPSA) is 67.9 Å². The lowest BCUT2D eigenvalue weighted by atomic mass is 10.00. The van der Waals surface area contributed by atoms with Crippen LogP contribution in [0.5, 0.6) is 11.5 Å². The minimum atomic E-state index is -3.67. The number of rotatable bonds is 5. The standard InChI is InChI=1S/C16H19BrN2O4S2/c1-19(2)10-8-11-13(22-3)5-4-12(16(11)23-9-10)18-25(20,21)15-7-6-14(17)24-15/h4-7,10,18H,8-9H2,1-3H3/t10-/m1/s1. The average Bonchev–Trinajstić information content (AvgIpc) is 3.02. The molecule has 1 aromatic heterocycles. The molecule has 0 fully saturated rings. The molecule has 1 aliphatic rings. The summed E-state index contributed by atoms with van der Waals surface area (Å²) in [5.74, 6) is 1.24. The van der Waals surface area contributed by atoms with Gasteiger partial charge in [0.25, 0.3) is 10.0 Å². The molecule has 2 heterocycles. The molecule has 0 spiro atoms. The highest BCUT2D eigenvalue weighted by Gasteiger charge is 2.28. The molecule has 6 nitrogen and oxygen atoms in total. The molecule has 0 saturated carbocycles. The van der Waals surface area contributed by atoms with Crippen LogP contribution in [0.3, 0.4) is 0 Å². The molecule has 25 heavy (non-hydrogen) atoms. The minimum Gasteiger partial charge on any atom is -0.496 e. The average molecular weight is 447 g/mol. The van der Waals surface area contributed by atoms with Crippen LogP contribution in [0.1, 0.15) is 5.56 Å². The quantitative estimate of drug-likeness (QED) is 0.763. The Balaban J connectivity index is 1.97. The Bertz CT molecular complexity index is 880. The van der Waals surface area contributed by atoms with E-state index in [0.717, 1.165) is 27.1 Å². The van der Waals surface area contributed by atoms with E-state index in [-0.39, 0.29) is 10.3 Å². The SMILES string of the molecule is COc1ccc(NS(=O)(=O)c2ccc(Br)s2)c2c1C[C@@H](N(C)C)CO2. The highest BCUT2D eigenvalue weighted by Crippen LogP contribution is 2.41. The molecule has 9 heteroatoms. The van der Waals surface area contributed by atoms with Crippen LogP contribution in [0, 0.1) is 0 Å². The number of halogens is 1. The van der Waals surface area contributed by atoms with Crippen LogP contribution in [0.2, 0.25) is 0 Å². The second-order valence-corrected chi connectivity index (χ2v) is 10.3. The largest absolute Gasteiger partial charge is 0.496 e. The highest BCUT2D eigenvalue weighted by atomic mass is 79.9. The Hall–Kier alpha value is -1.29. The molecule has 0 radical (unpaired) electrons. The van der Waals surface area contributed by atoms with Gasteiger partial charge in [-0.3, -0.25) is 4.72 Å². The van der Waals surface area contributed by atoms with Crippen molar-refractivity contribution in [1.82, 2.24) is 4.90 Å². The molecule has 0 unspecified atom stereocenters. The van der Waals surface area contributed by atoms with Crippen molar-refractivity contribution in [2.24, 2.45) is 0 Å². The normalized spacial score (nSPS) is 17.1. The van der Waals surface area contributed by atoms with Crippen molar-refractivity contribution in [2.45, 2.75) is 16.7 Å². The fraction of sp³-hybridized carbons (Fsp3) is 0.375. The summed E-state index contributed by atoms with van der Waals surface area (Å²) in [7, 11) is 1.92. The molecule has 3 rings (SSSR count). The van der Waals surface area contributed by atoms with E-state index in [1.54, 1.807) is 31.4 Å². The molecule has 1 aromatic carbocycles. The van der Waals surface area contributed by atoms with Gasteiger partial charge in [0, 0.05) is 11.6 Å². The number of hydrogen-bond donors (Lipinski definition) is 1. The number of likely N-dealkylation sites (N-methyl/N-ethyl adjacent to an activating group) is 1. The van der Waals surface area contributed by atoms with Gasteiger partial charge >= 0.3 is 0 Å². The number of nitrogens with zero attached hydrogens (tertiary/aromatic N) is 1. The van der Waals surface area contributed by atoms with Gasteiger partial charge in [-0.15, -0.1) is 11.3 Å². The lowest BCUT2D eigenvalue weighted by Crippen LogP contribution is -2.38. The lowest BCUT2D eigenvalue weighted by Gasteiger charge is -2.32. The van der Waals surface area contributed by atoms with Gasteiger partial charge in [-0.25, -0.2) is 8.42 Å². The second kappa shape index (κ2) is 7.14. The maximum atomic E-state index is 12.6. The van der Waals surface area contributed by atoms with Crippen molar-refractivity contribution in [3.05, 3.63) is 33.6 Å². The van der Waals surface area contributed by atoms with Gasteiger partial charge in [0.15, 0.2) is 0 Å². The molecule has 1 aliphatic heterocycles. The monoisotopic (exact) mass is 446 g/mol. The Kier molecular flexibility index (Phi) is 5.29. The molecular formula is C16H19BrN2O4S2. The van der Waals surface area contributed by atoms with Gasteiger partial charge in [-0.2, -0.15) is 0 Å². The number of hydrogen-bond acceptors (Lipinski definition) is 6. The van der Waals surface area contributed by atoms with Crippen LogP contribution in [-0.4, -0.2) is 47.2 Å². The van der Waals surface area contributed by atoms with Crippen molar-refractivity contribution >= 4 is 43.0 Å². The third kappa shape index (κ3) is 3.79. The van der Waals surface area contributed by atoms with Crippen LogP contribution in [-0.2, 0) is 16.4 Å². The summed E-state index contributed by atoms with van der Waals surface area (Å²) in [6.45, 7) is 0.493. The van der Waals surface area contributed by atoms with Crippen LogP contribution in [0.25, 0.3) is 0 Å². The molecule has 136 valence electrons. The van der Waals surface area contributed by atoms with E-state index in [4.69, 9.17) is 9.47 Å². The molecule has 2 aromatic rings. The first kappa shape index (κ1) is 18.5. The van der Waals surface area contributed by atoms with Crippen molar-refractivity contribution in [2.75, 3.05) is 32.5 Å². The maximum absolute atomic E-state index is 12.6. The molecule has 0 saturated heterocycles. The van der Waals surface area contributed by atoms with E-state index in [1.165, 1.54) is 0 Å². The van der Waals surface area contributed by atoms with Crippen LogP contribution < -0.4 is 14.2 Å². The third-order valence-electron chi connectivity index (χ3n) is 4.09. The van der Waals surface area contributed by atoms with Gasteiger partial charge in [-0.1, -0.05) is 0 Å². The molecule has 0 amide bonds. The summed E-state index contributed by atoms with van der Waals surface area (Å²) >= 11 is 4.45. The number of nitrogens with one attached hydrogen (secondary N) is 1. The molecule has 1 N–H and O–H groups in total. The zero-order chi connectivity index (χ0) is 18.2. The van der Waals surface area contributed by atoms with E-state index >= 15 is 0 Å². The maximum Gasteiger partial charge on any atom is 0.271 e. The smallest absolute Gasteiger partial charge is 0.271 e. The van der Waals surface area contributed by atoms with E-state index in [2.05, 4.69) is 25.6 Å². The summed E-state index contributed by atoms with van der Waals surface area (Å²) in [5.41, 5.74) is 1.30. The summed E-state index contributed by atoms with van der Waals surface area (Å²) in [6.07, 6.45) is 0.728. The first-order valence-electron chi connectivity index (χ1n) is 7.59. The fourth-order valence-corrected chi connectivity index (χ4v) is 5.75. The molecular weight excluding hydrogens is 428 g/mol. The number of sulfonamides is 1. The Morgan fingerprint density at radius 1 is 1.32 bits per heavy atom. The number of methoxy groups -OCH3 is 1. The summed E-state index contributed by atoms with van der Waals surface area (Å²) < 4.78 is 40.2. The number of thiophene rings is 1. The number of fused-ring (bicyclic) bond motifs is 1. The van der Waals surface area contributed by atoms with Crippen LogP contribution >= 0.6 is 27.3 Å². The molecule has 0 aliphatic carbocycles. The second-order valence-electron chi connectivity index (χ2n) is 5.92.